The third kappa shape index (κ3) is 1.62. The molecule has 0 atom stereocenters. The molecule has 7 heteroatoms. The van der Waals surface area contributed by atoms with Crippen LogP contribution in [-0.4, -0.2) is 25.7 Å². The molecule has 0 aliphatic heterocycles. The molecule has 0 aliphatic carbocycles. The van der Waals surface area contributed by atoms with Crippen LogP contribution in [0.25, 0.3) is 11.2 Å². The van der Waals surface area contributed by atoms with Crippen molar-refractivity contribution in [3.8, 4) is 0 Å². The molecule has 2 heterocycles. The first-order chi connectivity index (χ1) is 7.61. The third-order valence-corrected chi connectivity index (χ3v) is 2.05. The van der Waals surface area contributed by atoms with E-state index in [0.717, 1.165) is 0 Å². The van der Waals surface area contributed by atoms with E-state index >= 15 is 0 Å². The Morgan fingerprint density at radius 3 is 2.81 bits per heavy atom. The molecule has 0 saturated carbocycles. The number of carbonyl (C=O) groups excluding carboxylic acids is 1. The number of rotatable bonds is 2. The molecule has 16 heavy (non-hydrogen) atoms. The molecule has 2 rings (SSSR count). The standard InChI is InChI=1S/C9H8N4O3/c1-2-5(14)4-3-10-7-6(11-4)8(15)13-9(16)12-7/h3H,2H2,1H3,(H2,10,12,13,15,16). The topological polar surface area (TPSA) is 109 Å². The maximum Gasteiger partial charge on any atom is 0.327 e. The van der Waals surface area contributed by atoms with Crippen molar-refractivity contribution in [2.45, 2.75) is 13.3 Å². The van der Waals surface area contributed by atoms with Crippen molar-refractivity contribution in [3.05, 3.63) is 32.7 Å². The Hall–Kier alpha value is -2.31. The Labute approximate surface area is 88.6 Å². The molecule has 0 bridgehead atoms. The van der Waals surface area contributed by atoms with E-state index in [2.05, 4.69) is 15.0 Å². The highest BCUT2D eigenvalue weighted by Crippen LogP contribution is 2.02. The van der Waals surface area contributed by atoms with Gasteiger partial charge in [-0.2, -0.15) is 0 Å². The average molecular weight is 220 g/mol. The van der Waals surface area contributed by atoms with Crippen molar-refractivity contribution in [2.24, 2.45) is 0 Å². The zero-order chi connectivity index (χ0) is 11.7. The predicted molar refractivity (Wildman–Crippen MR) is 55.4 cm³/mol. The van der Waals surface area contributed by atoms with Crippen LogP contribution in [0.5, 0.6) is 0 Å². The lowest BCUT2D eigenvalue weighted by Crippen LogP contribution is -2.23. The molecule has 7 nitrogen and oxygen atoms in total. The maximum atomic E-state index is 11.4. The van der Waals surface area contributed by atoms with E-state index in [1.54, 1.807) is 6.92 Å². The highest BCUT2D eigenvalue weighted by Gasteiger charge is 2.09. The quantitative estimate of drug-likeness (QED) is 0.669. The largest absolute Gasteiger partial charge is 0.327 e. The van der Waals surface area contributed by atoms with E-state index in [-0.39, 0.29) is 29.1 Å². The van der Waals surface area contributed by atoms with Gasteiger partial charge in [0.05, 0.1) is 6.20 Å². The molecular formula is C9H8N4O3. The molecule has 0 fully saturated rings. The van der Waals surface area contributed by atoms with Crippen molar-refractivity contribution < 1.29 is 4.79 Å². The van der Waals surface area contributed by atoms with Gasteiger partial charge in [-0.1, -0.05) is 6.92 Å². The number of hydrogen-bond donors (Lipinski definition) is 2. The Kier molecular flexibility index (Phi) is 2.35. The van der Waals surface area contributed by atoms with Gasteiger partial charge < -0.3 is 0 Å². The number of ketones is 1. The molecular weight excluding hydrogens is 212 g/mol. The minimum Gasteiger partial charge on any atom is -0.292 e. The van der Waals surface area contributed by atoms with Gasteiger partial charge in [0.1, 0.15) is 5.69 Å². The molecule has 2 aromatic heterocycles. The second-order valence-corrected chi connectivity index (χ2v) is 3.14. The van der Waals surface area contributed by atoms with Gasteiger partial charge in [0.2, 0.25) is 0 Å². The van der Waals surface area contributed by atoms with E-state index in [0.29, 0.717) is 0 Å². The van der Waals surface area contributed by atoms with Crippen LogP contribution in [0, 0.1) is 0 Å². The Morgan fingerprint density at radius 1 is 1.38 bits per heavy atom. The lowest BCUT2D eigenvalue weighted by molar-refractivity contribution is 0.0983. The van der Waals surface area contributed by atoms with Gasteiger partial charge in [-0.05, 0) is 0 Å². The summed E-state index contributed by atoms with van der Waals surface area (Å²) in [5, 5.41) is 0. The summed E-state index contributed by atoms with van der Waals surface area (Å²) >= 11 is 0. The summed E-state index contributed by atoms with van der Waals surface area (Å²) in [5.41, 5.74) is -1.16. The zero-order valence-corrected chi connectivity index (χ0v) is 8.40. The monoisotopic (exact) mass is 220 g/mol. The number of H-pyrrole nitrogens is 2. The first-order valence-corrected chi connectivity index (χ1v) is 4.64. The summed E-state index contributed by atoms with van der Waals surface area (Å²) < 4.78 is 0. The Morgan fingerprint density at radius 2 is 2.12 bits per heavy atom. The van der Waals surface area contributed by atoms with Gasteiger partial charge in [-0.3, -0.25) is 19.6 Å². The molecule has 82 valence electrons. The van der Waals surface area contributed by atoms with Crippen molar-refractivity contribution in [1.29, 1.82) is 0 Å². The molecule has 0 radical (unpaired) electrons. The summed E-state index contributed by atoms with van der Waals surface area (Å²) in [7, 11) is 0. The SMILES string of the molecule is CCC(=O)c1cnc2[nH]c(=O)[nH]c(=O)c2n1. The Bertz CT molecular complexity index is 670. The fraction of sp³-hybridized carbons (Fsp3) is 0.222. The summed E-state index contributed by atoms with van der Waals surface area (Å²) in [5.74, 6) is -0.208. The second-order valence-electron chi connectivity index (χ2n) is 3.14. The molecule has 0 aliphatic rings. The van der Waals surface area contributed by atoms with Crippen molar-refractivity contribution in [2.75, 3.05) is 0 Å². The molecule has 0 amide bonds. The van der Waals surface area contributed by atoms with Crippen molar-refractivity contribution >= 4 is 16.9 Å². The maximum absolute atomic E-state index is 11.4. The Balaban J connectivity index is 2.76. The molecule has 0 spiro atoms. The molecule has 2 N–H and O–H groups in total. The number of hydrogen-bond acceptors (Lipinski definition) is 5. The van der Waals surface area contributed by atoms with Gasteiger partial charge in [-0.15, -0.1) is 0 Å². The zero-order valence-electron chi connectivity index (χ0n) is 8.40. The molecule has 0 unspecified atom stereocenters. The first-order valence-electron chi connectivity index (χ1n) is 4.64. The lowest BCUT2D eigenvalue weighted by Gasteiger charge is -1.98. The number of fused-ring (bicyclic) bond motifs is 1. The minimum atomic E-state index is -0.656. The van der Waals surface area contributed by atoms with Gasteiger partial charge in [-0.25, -0.2) is 14.8 Å². The number of aromatic amines is 2. The van der Waals surface area contributed by atoms with Gasteiger partial charge >= 0.3 is 5.69 Å². The average Bonchev–Trinajstić information content (AvgIpc) is 2.27. The smallest absolute Gasteiger partial charge is 0.292 e. The van der Waals surface area contributed by atoms with E-state index < -0.39 is 11.2 Å². The summed E-state index contributed by atoms with van der Waals surface area (Å²) in [6.07, 6.45) is 1.52. The molecule has 2 aromatic rings. The summed E-state index contributed by atoms with van der Waals surface area (Å²) in [4.78, 5) is 45.7. The van der Waals surface area contributed by atoms with Crippen molar-refractivity contribution in [1.82, 2.24) is 19.9 Å². The number of nitrogens with zero attached hydrogens (tertiary/aromatic N) is 2. The number of aromatic nitrogens is 4. The first kappa shape index (κ1) is 10.2. The predicted octanol–water partition coefficient (Wildman–Crippen LogP) is -0.401. The van der Waals surface area contributed by atoms with Gasteiger partial charge in [0.25, 0.3) is 5.56 Å². The van der Waals surface area contributed by atoms with Crippen LogP contribution >= 0.6 is 0 Å². The number of nitrogens with one attached hydrogen (secondary N) is 2. The fourth-order valence-corrected chi connectivity index (χ4v) is 1.26. The van der Waals surface area contributed by atoms with Crippen LogP contribution < -0.4 is 11.2 Å². The van der Waals surface area contributed by atoms with Crippen LogP contribution in [0.15, 0.2) is 15.8 Å². The van der Waals surface area contributed by atoms with E-state index in [1.807, 2.05) is 4.98 Å². The number of carbonyl (C=O) groups is 1. The van der Waals surface area contributed by atoms with Crippen molar-refractivity contribution in [3.63, 3.8) is 0 Å². The van der Waals surface area contributed by atoms with Gasteiger partial charge in [0.15, 0.2) is 16.9 Å². The van der Waals surface area contributed by atoms with Crippen LogP contribution in [0.4, 0.5) is 0 Å². The highest BCUT2D eigenvalue weighted by atomic mass is 16.2. The van der Waals surface area contributed by atoms with Crippen LogP contribution in [0.1, 0.15) is 23.8 Å². The normalized spacial score (nSPS) is 10.6. The highest BCUT2D eigenvalue weighted by molar-refractivity contribution is 5.94. The lowest BCUT2D eigenvalue weighted by atomic mass is 10.2. The van der Waals surface area contributed by atoms with Gasteiger partial charge in [0, 0.05) is 6.42 Å². The van der Waals surface area contributed by atoms with E-state index in [1.165, 1.54) is 6.20 Å². The molecule has 0 aromatic carbocycles. The summed E-state index contributed by atoms with van der Waals surface area (Å²) in [6.45, 7) is 1.69. The van der Waals surface area contributed by atoms with Crippen LogP contribution in [0.3, 0.4) is 0 Å². The number of Topliss-reactive ketones (excluding diaryl/α,β-unsaturated/α-hetero) is 1. The summed E-state index contributed by atoms with van der Waals surface area (Å²) in [6, 6.07) is 0. The van der Waals surface area contributed by atoms with Crippen LogP contribution in [0.2, 0.25) is 0 Å². The fourth-order valence-electron chi connectivity index (χ4n) is 1.26. The second kappa shape index (κ2) is 3.69. The minimum absolute atomic E-state index is 0.0427. The van der Waals surface area contributed by atoms with Crippen LogP contribution in [-0.2, 0) is 0 Å². The van der Waals surface area contributed by atoms with E-state index in [4.69, 9.17) is 0 Å². The van der Waals surface area contributed by atoms with E-state index in [9.17, 15) is 14.4 Å². The third-order valence-electron chi connectivity index (χ3n) is 2.05. The molecule has 0 saturated heterocycles.